The molecule has 0 spiro atoms. The number of carbonyl (C=O) groups excluding carboxylic acids is 1. The van der Waals surface area contributed by atoms with Gasteiger partial charge >= 0.3 is 0 Å². The van der Waals surface area contributed by atoms with E-state index in [1.54, 1.807) is 18.3 Å². The molecule has 2 rings (SSSR count). The molecule has 3 heteroatoms. The summed E-state index contributed by atoms with van der Waals surface area (Å²) in [5.74, 6) is 0. The highest BCUT2D eigenvalue weighted by Gasteiger charge is 2.01. The van der Waals surface area contributed by atoms with E-state index in [1.807, 2.05) is 12.1 Å². The van der Waals surface area contributed by atoms with Gasteiger partial charge in [0.2, 0.25) is 0 Å². The Labute approximate surface area is 75.2 Å². The molecule has 0 fully saturated rings. The van der Waals surface area contributed by atoms with Crippen molar-refractivity contribution >= 4 is 22.9 Å². The van der Waals surface area contributed by atoms with Crippen LogP contribution in [0.1, 0.15) is 10.4 Å². The van der Waals surface area contributed by atoms with E-state index in [1.165, 1.54) is 0 Å². The van der Waals surface area contributed by atoms with Crippen molar-refractivity contribution in [2.24, 2.45) is 0 Å². The van der Waals surface area contributed by atoms with Crippen LogP contribution in [0.5, 0.6) is 0 Å². The first-order valence-electron chi connectivity index (χ1n) is 3.91. The Kier molecular flexibility index (Phi) is 1.70. The van der Waals surface area contributed by atoms with Gasteiger partial charge in [-0.2, -0.15) is 0 Å². The van der Waals surface area contributed by atoms with Crippen molar-refractivity contribution in [3.05, 3.63) is 36.0 Å². The molecule has 0 aliphatic heterocycles. The summed E-state index contributed by atoms with van der Waals surface area (Å²) >= 11 is 0. The van der Waals surface area contributed by atoms with Crippen LogP contribution < -0.4 is 5.73 Å². The van der Waals surface area contributed by atoms with Gasteiger partial charge in [-0.25, -0.2) is 0 Å². The summed E-state index contributed by atoms with van der Waals surface area (Å²) in [6.45, 7) is 0. The van der Waals surface area contributed by atoms with Crippen molar-refractivity contribution in [3.63, 3.8) is 0 Å². The molecule has 2 aromatic rings. The summed E-state index contributed by atoms with van der Waals surface area (Å²) in [6.07, 6.45) is 2.39. The molecule has 1 aromatic heterocycles. The van der Waals surface area contributed by atoms with Gasteiger partial charge < -0.3 is 5.73 Å². The molecular formula is C10H8N2O. The molecule has 0 bridgehead atoms. The molecule has 0 amide bonds. The van der Waals surface area contributed by atoms with E-state index in [4.69, 9.17) is 5.73 Å². The first-order valence-corrected chi connectivity index (χ1v) is 3.91. The summed E-state index contributed by atoms with van der Waals surface area (Å²) in [7, 11) is 0. The Morgan fingerprint density at radius 2 is 2.15 bits per heavy atom. The van der Waals surface area contributed by atoms with Gasteiger partial charge in [0.05, 0.1) is 11.2 Å². The smallest absolute Gasteiger partial charge is 0.150 e. The molecule has 0 radical (unpaired) electrons. The molecule has 0 aliphatic rings. The largest absolute Gasteiger partial charge is 0.397 e. The second kappa shape index (κ2) is 2.86. The van der Waals surface area contributed by atoms with Crippen LogP contribution in [-0.2, 0) is 0 Å². The number of hydrogen-bond acceptors (Lipinski definition) is 3. The first kappa shape index (κ1) is 7.73. The molecule has 0 saturated carbocycles. The van der Waals surface area contributed by atoms with Crippen LogP contribution in [0.2, 0.25) is 0 Å². The maximum Gasteiger partial charge on any atom is 0.150 e. The molecule has 1 heterocycles. The zero-order chi connectivity index (χ0) is 9.26. The third-order valence-electron chi connectivity index (χ3n) is 1.96. The number of anilines is 1. The highest BCUT2D eigenvalue weighted by Crippen LogP contribution is 2.20. The Bertz CT molecular complexity index is 465. The fourth-order valence-corrected chi connectivity index (χ4v) is 1.32. The van der Waals surface area contributed by atoms with Gasteiger partial charge in [0.25, 0.3) is 0 Å². The second-order valence-corrected chi connectivity index (χ2v) is 2.76. The number of nitrogen functional groups attached to an aromatic ring is 1. The maximum absolute atomic E-state index is 10.7. The summed E-state index contributed by atoms with van der Waals surface area (Å²) in [6, 6.07) is 7.09. The number of para-hydroxylation sites is 1. The fraction of sp³-hybridized carbons (Fsp3) is 0. The average Bonchev–Trinajstić information content (AvgIpc) is 2.18. The Balaban J connectivity index is 2.92. The van der Waals surface area contributed by atoms with Crippen LogP contribution in [0, 0.1) is 0 Å². The number of fused-ring (bicyclic) bond motifs is 1. The lowest BCUT2D eigenvalue weighted by Crippen LogP contribution is -1.91. The van der Waals surface area contributed by atoms with Crippen LogP contribution in [0.25, 0.3) is 10.9 Å². The van der Waals surface area contributed by atoms with Gasteiger partial charge in [0, 0.05) is 17.1 Å². The molecule has 1 aromatic carbocycles. The van der Waals surface area contributed by atoms with E-state index in [0.29, 0.717) is 16.8 Å². The van der Waals surface area contributed by atoms with E-state index in [0.717, 1.165) is 11.7 Å². The van der Waals surface area contributed by atoms with Crippen molar-refractivity contribution in [1.82, 2.24) is 4.98 Å². The summed E-state index contributed by atoms with van der Waals surface area (Å²) in [5.41, 5.74) is 7.61. The molecular weight excluding hydrogens is 164 g/mol. The lowest BCUT2D eigenvalue weighted by atomic mass is 10.1. The lowest BCUT2D eigenvalue weighted by Gasteiger charge is -2.01. The van der Waals surface area contributed by atoms with E-state index >= 15 is 0 Å². The van der Waals surface area contributed by atoms with E-state index in [-0.39, 0.29) is 0 Å². The van der Waals surface area contributed by atoms with Gasteiger partial charge in [-0.3, -0.25) is 9.78 Å². The number of rotatable bonds is 1. The predicted molar refractivity (Wildman–Crippen MR) is 51.5 cm³/mol. The van der Waals surface area contributed by atoms with Crippen molar-refractivity contribution in [1.29, 1.82) is 0 Å². The SMILES string of the molecule is Nc1cccc2c(C=O)ccnc12. The summed E-state index contributed by atoms with van der Waals surface area (Å²) in [5, 5.41) is 0.803. The molecule has 13 heavy (non-hydrogen) atoms. The number of pyridine rings is 1. The van der Waals surface area contributed by atoms with E-state index in [9.17, 15) is 4.79 Å². The Morgan fingerprint density at radius 3 is 2.92 bits per heavy atom. The fourth-order valence-electron chi connectivity index (χ4n) is 1.32. The minimum absolute atomic E-state index is 0.598. The average molecular weight is 172 g/mol. The van der Waals surface area contributed by atoms with Crippen molar-refractivity contribution in [2.75, 3.05) is 5.73 Å². The third-order valence-corrected chi connectivity index (χ3v) is 1.96. The number of nitrogens with two attached hydrogens (primary N) is 1. The number of hydrogen-bond donors (Lipinski definition) is 1. The number of aldehydes is 1. The minimum Gasteiger partial charge on any atom is -0.397 e. The van der Waals surface area contributed by atoms with Crippen LogP contribution >= 0.6 is 0 Å². The van der Waals surface area contributed by atoms with Crippen molar-refractivity contribution < 1.29 is 4.79 Å². The zero-order valence-electron chi connectivity index (χ0n) is 6.90. The van der Waals surface area contributed by atoms with Crippen LogP contribution in [0.4, 0.5) is 5.69 Å². The quantitative estimate of drug-likeness (QED) is 0.525. The molecule has 0 unspecified atom stereocenters. The molecule has 3 nitrogen and oxygen atoms in total. The number of carbonyl (C=O) groups is 1. The molecule has 0 aliphatic carbocycles. The minimum atomic E-state index is 0.598. The predicted octanol–water partition coefficient (Wildman–Crippen LogP) is 1.63. The zero-order valence-corrected chi connectivity index (χ0v) is 6.90. The Morgan fingerprint density at radius 1 is 1.31 bits per heavy atom. The number of aromatic nitrogens is 1. The first-order chi connectivity index (χ1) is 6.33. The maximum atomic E-state index is 10.7. The normalized spacial score (nSPS) is 10.2. The summed E-state index contributed by atoms with van der Waals surface area (Å²) < 4.78 is 0. The highest BCUT2D eigenvalue weighted by molar-refractivity contribution is 6.00. The van der Waals surface area contributed by atoms with Crippen molar-refractivity contribution in [2.45, 2.75) is 0 Å². The molecule has 2 N–H and O–H groups in total. The highest BCUT2D eigenvalue weighted by atomic mass is 16.1. The van der Waals surface area contributed by atoms with Gasteiger partial charge in [-0.05, 0) is 12.1 Å². The van der Waals surface area contributed by atoms with Crippen LogP contribution in [0.15, 0.2) is 30.5 Å². The number of nitrogens with zero attached hydrogens (tertiary/aromatic N) is 1. The van der Waals surface area contributed by atoms with Gasteiger partial charge in [0.15, 0.2) is 6.29 Å². The lowest BCUT2D eigenvalue weighted by molar-refractivity contribution is 0.112. The van der Waals surface area contributed by atoms with E-state index in [2.05, 4.69) is 4.98 Å². The molecule has 0 atom stereocenters. The topological polar surface area (TPSA) is 56.0 Å². The summed E-state index contributed by atoms with van der Waals surface area (Å²) in [4.78, 5) is 14.8. The standard InChI is InChI=1S/C10H8N2O/c11-9-3-1-2-8-7(6-13)4-5-12-10(8)9/h1-6H,11H2. The van der Waals surface area contributed by atoms with Gasteiger partial charge in [-0.1, -0.05) is 12.1 Å². The second-order valence-electron chi connectivity index (χ2n) is 2.76. The van der Waals surface area contributed by atoms with Gasteiger partial charge in [-0.15, -0.1) is 0 Å². The van der Waals surface area contributed by atoms with Crippen molar-refractivity contribution in [3.8, 4) is 0 Å². The van der Waals surface area contributed by atoms with Crippen LogP contribution in [0.3, 0.4) is 0 Å². The van der Waals surface area contributed by atoms with Gasteiger partial charge in [0.1, 0.15) is 0 Å². The third kappa shape index (κ3) is 1.14. The molecule has 64 valence electrons. The van der Waals surface area contributed by atoms with Crippen LogP contribution in [-0.4, -0.2) is 11.3 Å². The molecule has 0 saturated heterocycles. The monoisotopic (exact) mass is 172 g/mol. The Hall–Kier alpha value is -1.90. The van der Waals surface area contributed by atoms with E-state index < -0.39 is 0 Å². The number of benzene rings is 1.